The zero-order valence-corrected chi connectivity index (χ0v) is 22.5. The lowest BCUT2D eigenvalue weighted by atomic mass is 10.0. The summed E-state index contributed by atoms with van der Waals surface area (Å²) in [5, 5.41) is 13.9. The fourth-order valence-electron chi connectivity index (χ4n) is 4.08. The number of nitro groups is 1. The summed E-state index contributed by atoms with van der Waals surface area (Å²) in [5.41, 5.74) is 1.31. The van der Waals surface area contributed by atoms with Crippen molar-refractivity contribution >= 4 is 33.2 Å². The van der Waals surface area contributed by atoms with Gasteiger partial charge >= 0.3 is 0 Å². The van der Waals surface area contributed by atoms with Crippen LogP contribution >= 0.6 is 0 Å². The van der Waals surface area contributed by atoms with Crippen LogP contribution in [0.25, 0.3) is 0 Å². The Kier molecular flexibility index (Phi) is 9.36. The van der Waals surface area contributed by atoms with Gasteiger partial charge in [-0.05, 0) is 35.7 Å². The number of nitrogens with one attached hydrogen (secondary N) is 1. The molecule has 1 unspecified atom stereocenters. The van der Waals surface area contributed by atoms with E-state index < -0.39 is 45.2 Å². The van der Waals surface area contributed by atoms with Crippen LogP contribution in [0.5, 0.6) is 0 Å². The molecule has 3 aromatic rings. The van der Waals surface area contributed by atoms with Gasteiger partial charge in [-0.25, -0.2) is 12.8 Å². The van der Waals surface area contributed by atoms with Gasteiger partial charge in [-0.1, -0.05) is 48.5 Å². The number of benzene rings is 3. The summed E-state index contributed by atoms with van der Waals surface area (Å²) in [4.78, 5) is 38.9. The predicted octanol–water partition coefficient (Wildman–Crippen LogP) is 3.19. The maximum atomic E-state index is 13.9. The standard InChI is InChI=1S/C27H29FN4O6S/c1-19-9-14-23(32(35)36)16-24(19)31(39(3,37)38)18-26(33)30(17-21-10-12-22(28)13-11-21)25(27(34)29-2)15-20-7-5-4-6-8-20/h4-14,16,25H,15,17-18H2,1-3H3,(H,29,34). The largest absolute Gasteiger partial charge is 0.357 e. The highest BCUT2D eigenvalue weighted by Gasteiger charge is 2.33. The van der Waals surface area contributed by atoms with Gasteiger partial charge in [-0.3, -0.25) is 24.0 Å². The molecule has 0 fully saturated rings. The van der Waals surface area contributed by atoms with Crippen molar-refractivity contribution in [3.8, 4) is 0 Å². The van der Waals surface area contributed by atoms with Crippen LogP contribution in [0.1, 0.15) is 16.7 Å². The number of carbonyl (C=O) groups excluding carboxylic acids is 2. The summed E-state index contributed by atoms with van der Waals surface area (Å²) in [6, 6.07) is 17.1. The number of aryl methyl sites for hydroxylation is 1. The first-order valence-electron chi connectivity index (χ1n) is 11.9. The molecule has 3 rings (SSSR count). The Morgan fingerprint density at radius 2 is 1.67 bits per heavy atom. The molecule has 10 nitrogen and oxygen atoms in total. The number of carbonyl (C=O) groups is 2. The van der Waals surface area contributed by atoms with Crippen molar-refractivity contribution in [2.75, 3.05) is 24.2 Å². The summed E-state index contributed by atoms with van der Waals surface area (Å²) in [6.45, 7) is 0.737. The molecular weight excluding hydrogens is 527 g/mol. The van der Waals surface area contributed by atoms with Gasteiger partial charge in [0.1, 0.15) is 18.4 Å². The maximum Gasteiger partial charge on any atom is 0.271 e. The number of sulfonamides is 1. The van der Waals surface area contributed by atoms with Gasteiger partial charge in [0, 0.05) is 32.1 Å². The molecule has 0 aliphatic heterocycles. The fourth-order valence-corrected chi connectivity index (χ4v) is 4.98. The average Bonchev–Trinajstić information content (AvgIpc) is 2.90. The molecule has 2 amide bonds. The molecule has 3 aromatic carbocycles. The van der Waals surface area contributed by atoms with Crippen molar-refractivity contribution < 1.29 is 27.3 Å². The third kappa shape index (κ3) is 7.60. The number of anilines is 1. The number of rotatable bonds is 11. The number of amides is 2. The topological polar surface area (TPSA) is 130 Å². The van der Waals surface area contributed by atoms with Gasteiger partial charge in [0.2, 0.25) is 21.8 Å². The first-order valence-corrected chi connectivity index (χ1v) is 13.8. The molecule has 12 heteroatoms. The number of nitrogens with zero attached hydrogens (tertiary/aromatic N) is 3. The van der Waals surface area contributed by atoms with E-state index in [1.54, 1.807) is 31.2 Å². The molecule has 0 aromatic heterocycles. The SMILES string of the molecule is CNC(=O)C(Cc1ccccc1)N(Cc1ccc(F)cc1)C(=O)CN(c1cc([N+](=O)[O-])ccc1C)S(C)(=O)=O. The van der Waals surface area contributed by atoms with E-state index in [1.807, 2.05) is 6.07 Å². The number of likely N-dealkylation sites (N-methyl/N-ethyl adjacent to an activating group) is 1. The van der Waals surface area contributed by atoms with Gasteiger partial charge in [0.15, 0.2) is 0 Å². The van der Waals surface area contributed by atoms with Crippen LogP contribution in [-0.2, 0) is 32.6 Å². The van der Waals surface area contributed by atoms with Crippen LogP contribution in [0, 0.1) is 22.9 Å². The van der Waals surface area contributed by atoms with Crippen LogP contribution in [-0.4, -0.2) is 55.9 Å². The van der Waals surface area contributed by atoms with E-state index in [0.29, 0.717) is 11.1 Å². The van der Waals surface area contributed by atoms with Gasteiger partial charge in [-0.2, -0.15) is 0 Å². The zero-order chi connectivity index (χ0) is 28.7. The van der Waals surface area contributed by atoms with E-state index in [9.17, 15) is 32.5 Å². The van der Waals surface area contributed by atoms with Crippen molar-refractivity contribution in [2.45, 2.75) is 25.9 Å². The average molecular weight is 557 g/mol. The van der Waals surface area contributed by atoms with Crippen LogP contribution in [0.15, 0.2) is 72.8 Å². The van der Waals surface area contributed by atoms with E-state index in [4.69, 9.17) is 0 Å². The van der Waals surface area contributed by atoms with E-state index in [0.717, 1.165) is 22.2 Å². The second kappa shape index (κ2) is 12.5. The van der Waals surface area contributed by atoms with Gasteiger partial charge < -0.3 is 10.2 Å². The molecule has 0 aliphatic carbocycles. The minimum Gasteiger partial charge on any atom is -0.357 e. The number of hydrogen-bond donors (Lipinski definition) is 1. The molecule has 0 heterocycles. The Labute approximate surface area is 226 Å². The third-order valence-corrected chi connectivity index (χ3v) is 7.26. The minimum absolute atomic E-state index is 0.0265. The van der Waals surface area contributed by atoms with E-state index in [1.165, 1.54) is 48.3 Å². The molecule has 1 atom stereocenters. The molecule has 0 spiro atoms. The Morgan fingerprint density at radius 3 is 2.23 bits per heavy atom. The van der Waals surface area contributed by atoms with Crippen molar-refractivity contribution in [3.63, 3.8) is 0 Å². The minimum atomic E-state index is -4.09. The summed E-state index contributed by atoms with van der Waals surface area (Å²) >= 11 is 0. The highest BCUT2D eigenvalue weighted by atomic mass is 32.2. The normalized spacial score (nSPS) is 11.9. The highest BCUT2D eigenvalue weighted by Crippen LogP contribution is 2.28. The maximum absolute atomic E-state index is 13.9. The second-order valence-corrected chi connectivity index (χ2v) is 10.9. The van der Waals surface area contributed by atoms with Crippen molar-refractivity contribution in [2.24, 2.45) is 0 Å². The third-order valence-electron chi connectivity index (χ3n) is 6.14. The Morgan fingerprint density at radius 1 is 1.03 bits per heavy atom. The smallest absolute Gasteiger partial charge is 0.271 e. The molecule has 1 N–H and O–H groups in total. The number of non-ortho nitro benzene ring substituents is 1. The predicted molar refractivity (Wildman–Crippen MR) is 145 cm³/mol. The lowest BCUT2D eigenvalue weighted by Crippen LogP contribution is -2.53. The molecule has 39 heavy (non-hydrogen) atoms. The van der Waals surface area contributed by atoms with Crippen LogP contribution < -0.4 is 9.62 Å². The molecular formula is C27H29FN4O6S. The molecule has 206 valence electrons. The summed E-state index contributed by atoms with van der Waals surface area (Å²) in [5.74, 6) is -1.68. The van der Waals surface area contributed by atoms with E-state index >= 15 is 0 Å². The van der Waals surface area contributed by atoms with E-state index in [2.05, 4.69) is 5.32 Å². The van der Waals surface area contributed by atoms with Crippen LogP contribution in [0.2, 0.25) is 0 Å². The summed E-state index contributed by atoms with van der Waals surface area (Å²) in [6.07, 6.45) is 1.02. The highest BCUT2D eigenvalue weighted by molar-refractivity contribution is 7.92. The quantitative estimate of drug-likeness (QED) is 0.285. The zero-order valence-electron chi connectivity index (χ0n) is 21.7. The second-order valence-electron chi connectivity index (χ2n) is 8.97. The van der Waals surface area contributed by atoms with Crippen molar-refractivity contribution in [1.29, 1.82) is 0 Å². The van der Waals surface area contributed by atoms with Gasteiger partial charge in [0.05, 0.1) is 16.9 Å². The Bertz CT molecular complexity index is 1450. The lowest BCUT2D eigenvalue weighted by molar-refractivity contribution is -0.384. The van der Waals surface area contributed by atoms with Gasteiger partial charge in [-0.15, -0.1) is 0 Å². The van der Waals surface area contributed by atoms with Crippen LogP contribution in [0.3, 0.4) is 0 Å². The molecule has 0 radical (unpaired) electrons. The fraction of sp³-hybridized carbons (Fsp3) is 0.259. The molecule has 0 saturated carbocycles. The number of nitro benzene ring substituents is 1. The first-order chi connectivity index (χ1) is 18.4. The summed E-state index contributed by atoms with van der Waals surface area (Å²) < 4.78 is 40.0. The molecule has 0 bridgehead atoms. The molecule has 0 saturated heterocycles. The Balaban J connectivity index is 2.07. The van der Waals surface area contributed by atoms with Gasteiger partial charge in [0.25, 0.3) is 5.69 Å². The Hall–Kier alpha value is -4.32. The van der Waals surface area contributed by atoms with Crippen molar-refractivity contribution in [3.05, 3.63) is 105 Å². The summed E-state index contributed by atoms with van der Waals surface area (Å²) in [7, 11) is -2.66. The van der Waals surface area contributed by atoms with Crippen molar-refractivity contribution in [1.82, 2.24) is 10.2 Å². The van der Waals surface area contributed by atoms with E-state index in [-0.39, 0.29) is 24.3 Å². The van der Waals surface area contributed by atoms with Crippen LogP contribution in [0.4, 0.5) is 15.8 Å². The monoisotopic (exact) mass is 556 g/mol. The first kappa shape index (κ1) is 29.2. The number of halogens is 1. The lowest BCUT2D eigenvalue weighted by Gasteiger charge is -2.33. The number of hydrogen-bond acceptors (Lipinski definition) is 6. The molecule has 0 aliphatic rings.